The highest BCUT2D eigenvalue weighted by molar-refractivity contribution is 9.10. The van der Waals surface area contributed by atoms with E-state index >= 15 is 0 Å². The number of nitrogen functional groups attached to an aromatic ring is 2. The van der Waals surface area contributed by atoms with Gasteiger partial charge in [0, 0.05) is 25.6 Å². The second-order valence-corrected chi connectivity index (χ2v) is 5.38. The third-order valence-corrected chi connectivity index (χ3v) is 3.67. The van der Waals surface area contributed by atoms with E-state index in [0.29, 0.717) is 0 Å². The van der Waals surface area contributed by atoms with Gasteiger partial charge in [-0.3, -0.25) is 0 Å². The lowest BCUT2D eigenvalue weighted by atomic mass is 10.3. The molecule has 4 N–H and O–H groups in total. The molecular formula is C12H11BrN2S. The van der Waals surface area contributed by atoms with Gasteiger partial charge in [-0.25, -0.2) is 0 Å². The van der Waals surface area contributed by atoms with Gasteiger partial charge in [-0.15, -0.1) is 0 Å². The molecule has 2 rings (SSSR count). The predicted octanol–water partition coefficient (Wildman–Crippen LogP) is 3.76. The molecule has 2 aromatic rings. The van der Waals surface area contributed by atoms with Gasteiger partial charge in [0.05, 0.1) is 0 Å². The van der Waals surface area contributed by atoms with E-state index in [4.69, 9.17) is 11.5 Å². The second kappa shape index (κ2) is 4.80. The number of nitrogens with two attached hydrogens (primary N) is 2. The van der Waals surface area contributed by atoms with Crippen LogP contribution in [0.1, 0.15) is 0 Å². The van der Waals surface area contributed by atoms with Crippen LogP contribution in [0.15, 0.2) is 56.7 Å². The highest BCUT2D eigenvalue weighted by Crippen LogP contribution is 2.33. The van der Waals surface area contributed by atoms with Crippen LogP contribution < -0.4 is 11.5 Å². The van der Waals surface area contributed by atoms with Gasteiger partial charge in [-0.05, 0) is 42.5 Å². The van der Waals surface area contributed by atoms with Crippen LogP contribution in [0.3, 0.4) is 0 Å². The van der Waals surface area contributed by atoms with Gasteiger partial charge >= 0.3 is 0 Å². The Morgan fingerprint density at radius 2 is 1.62 bits per heavy atom. The number of hydrogen-bond acceptors (Lipinski definition) is 3. The van der Waals surface area contributed by atoms with Crippen LogP contribution in [0.2, 0.25) is 0 Å². The summed E-state index contributed by atoms with van der Waals surface area (Å²) in [4.78, 5) is 2.18. The molecule has 0 spiro atoms. The van der Waals surface area contributed by atoms with Crippen molar-refractivity contribution in [3.8, 4) is 0 Å². The Balaban J connectivity index is 2.23. The fourth-order valence-electron chi connectivity index (χ4n) is 1.28. The normalized spacial score (nSPS) is 10.3. The van der Waals surface area contributed by atoms with Gasteiger partial charge in [-0.2, -0.15) is 0 Å². The van der Waals surface area contributed by atoms with E-state index < -0.39 is 0 Å². The molecule has 0 aliphatic carbocycles. The Morgan fingerprint density at radius 3 is 2.25 bits per heavy atom. The van der Waals surface area contributed by atoms with Crippen LogP contribution in [0.25, 0.3) is 0 Å². The summed E-state index contributed by atoms with van der Waals surface area (Å²) in [5, 5.41) is 0. The lowest BCUT2D eigenvalue weighted by molar-refractivity contribution is 1.40. The Morgan fingerprint density at radius 1 is 0.938 bits per heavy atom. The minimum absolute atomic E-state index is 0.771. The molecule has 2 nitrogen and oxygen atoms in total. The molecule has 0 atom stereocenters. The third-order valence-electron chi connectivity index (χ3n) is 2.08. The summed E-state index contributed by atoms with van der Waals surface area (Å²) in [6.07, 6.45) is 0. The lowest BCUT2D eigenvalue weighted by Gasteiger charge is -2.05. The zero-order valence-corrected chi connectivity index (χ0v) is 10.9. The van der Waals surface area contributed by atoms with E-state index in [-0.39, 0.29) is 0 Å². The minimum Gasteiger partial charge on any atom is -0.399 e. The summed E-state index contributed by atoms with van der Waals surface area (Å²) >= 11 is 5.02. The fraction of sp³-hybridized carbons (Fsp3) is 0. The Bertz CT molecular complexity index is 497. The van der Waals surface area contributed by atoms with Crippen molar-refractivity contribution in [3.63, 3.8) is 0 Å². The van der Waals surface area contributed by atoms with Crippen LogP contribution in [0.5, 0.6) is 0 Å². The zero-order valence-electron chi connectivity index (χ0n) is 8.48. The van der Waals surface area contributed by atoms with Crippen molar-refractivity contribution in [2.24, 2.45) is 0 Å². The SMILES string of the molecule is Nc1ccc(Sc2ccc(Br)cc2N)cc1. The monoisotopic (exact) mass is 294 g/mol. The standard InChI is InChI=1S/C12H11BrN2S/c13-8-1-6-12(11(15)7-8)16-10-4-2-9(14)3-5-10/h1-7H,14-15H2. The molecule has 0 bridgehead atoms. The van der Waals surface area contributed by atoms with Crippen LogP contribution in [0, 0.1) is 0 Å². The quantitative estimate of drug-likeness (QED) is 0.829. The van der Waals surface area contributed by atoms with Gasteiger partial charge in [0.15, 0.2) is 0 Å². The van der Waals surface area contributed by atoms with Gasteiger partial charge < -0.3 is 11.5 Å². The van der Waals surface area contributed by atoms with Crippen molar-refractivity contribution in [3.05, 3.63) is 46.9 Å². The maximum atomic E-state index is 5.92. The van der Waals surface area contributed by atoms with Crippen molar-refractivity contribution < 1.29 is 0 Å². The van der Waals surface area contributed by atoms with Crippen LogP contribution >= 0.6 is 27.7 Å². The Labute approximate surface area is 107 Å². The first-order valence-corrected chi connectivity index (χ1v) is 6.34. The maximum Gasteiger partial charge on any atom is 0.0467 e. The smallest absolute Gasteiger partial charge is 0.0467 e. The Hall–Kier alpha value is -1.13. The van der Waals surface area contributed by atoms with Crippen molar-refractivity contribution in [1.82, 2.24) is 0 Å². The summed E-state index contributed by atoms with van der Waals surface area (Å²) in [6.45, 7) is 0. The molecule has 4 heteroatoms. The van der Waals surface area contributed by atoms with Crippen molar-refractivity contribution >= 4 is 39.1 Å². The highest BCUT2D eigenvalue weighted by Gasteiger charge is 2.02. The van der Waals surface area contributed by atoms with Crippen molar-refractivity contribution in [2.45, 2.75) is 9.79 Å². The maximum absolute atomic E-state index is 5.92. The predicted molar refractivity (Wildman–Crippen MR) is 73.5 cm³/mol. The average molecular weight is 295 g/mol. The van der Waals surface area contributed by atoms with Crippen molar-refractivity contribution in [1.29, 1.82) is 0 Å². The molecule has 0 radical (unpaired) electrons. The first kappa shape index (κ1) is 11.4. The third kappa shape index (κ3) is 2.71. The molecule has 16 heavy (non-hydrogen) atoms. The first-order valence-electron chi connectivity index (χ1n) is 4.73. The number of benzene rings is 2. The van der Waals surface area contributed by atoms with Crippen LogP contribution in [-0.4, -0.2) is 0 Å². The van der Waals surface area contributed by atoms with Gasteiger partial charge in [0.25, 0.3) is 0 Å². The second-order valence-electron chi connectivity index (χ2n) is 3.35. The highest BCUT2D eigenvalue weighted by atomic mass is 79.9. The molecule has 0 aromatic heterocycles. The fourth-order valence-corrected chi connectivity index (χ4v) is 2.49. The summed E-state index contributed by atoms with van der Waals surface area (Å²) in [7, 11) is 0. The molecular weight excluding hydrogens is 284 g/mol. The topological polar surface area (TPSA) is 52.0 Å². The molecule has 0 aliphatic heterocycles. The summed E-state index contributed by atoms with van der Waals surface area (Å²) in [6, 6.07) is 13.6. The molecule has 0 heterocycles. The Kier molecular flexibility index (Phi) is 3.41. The average Bonchev–Trinajstić information content (AvgIpc) is 2.25. The van der Waals surface area contributed by atoms with Crippen LogP contribution in [-0.2, 0) is 0 Å². The van der Waals surface area contributed by atoms with E-state index in [1.165, 1.54) is 0 Å². The van der Waals surface area contributed by atoms with E-state index in [2.05, 4.69) is 15.9 Å². The largest absolute Gasteiger partial charge is 0.399 e. The van der Waals surface area contributed by atoms with E-state index in [1.54, 1.807) is 11.8 Å². The van der Waals surface area contributed by atoms with Gasteiger partial charge in [-0.1, -0.05) is 27.7 Å². The molecule has 82 valence electrons. The first-order chi connectivity index (χ1) is 7.65. The number of hydrogen-bond donors (Lipinski definition) is 2. The summed E-state index contributed by atoms with van der Waals surface area (Å²) in [5.41, 5.74) is 13.1. The zero-order chi connectivity index (χ0) is 11.5. The molecule has 0 aliphatic rings. The van der Waals surface area contributed by atoms with E-state index in [9.17, 15) is 0 Å². The molecule has 0 amide bonds. The van der Waals surface area contributed by atoms with E-state index in [1.807, 2.05) is 42.5 Å². The molecule has 0 fully saturated rings. The van der Waals surface area contributed by atoms with Crippen LogP contribution in [0.4, 0.5) is 11.4 Å². The molecule has 0 unspecified atom stereocenters. The van der Waals surface area contributed by atoms with E-state index in [0.717, 1.165) is 25.6 Å². The number of anilines is 2. The number of rotatable bonds is 2. The van der Waals surface area contributed by atoms with Crippen molar-refractivity contribution in [2.75, 3.05) is 11.5 Å². The molecule has 0 saturated heterocycles. The van der Waals surface area contributed by atoms with Gasteiger partial charge in [0.1, 0.15) is 0 Å². The summed E-state index contributed by atoms with van der Waals surface area (Å²) < 4.78 is 0.992. The molecule has 0 saturated carbocycles. The lowest BCUT2D eigenvalue weighted by Crippen LogP contribution is -1.88. The number of halogens is 1. The van der Waals surface area contributed by atoms with Gasteiger partial charge in [0.2, 0.25) is 0 Å². The molecule has 2 aromatic carbocycles. The summed E-state index contributed by atoms with van der Waals surface area (Å²) in [5.74, 6) is 0. The minimum atomic E-state index is 0.771.